The van der Waals surface area contributed by atoms with E-state index in [0.29, 0.717) is 25.7 Å². The smallest absolute Gasteiger partial charge is 0.462 e. The Balaban J connectivity index is 5.26. The molecule has 570 valence electrons. The van der Waals surface area contributed by atoms with Gasteiger partial charge in [0.15, 0.2) is 12.2 Å². The highest BCUT2D eigenvalue weighted by atomic mass is 31.2. The van der Waals surface area contributed by atoms with Crippen molar-refractivity contribution in [3.05, 3.63) is 0 Å². The number of esters is 4. The molecule has 0 aromatic heterocycles. The molecule has 0 saturated carbocycles. The third-order valence-electron chi connectivity index (χ3n) is 18.0. The van der Waals surface area contributed by atoms with Crippen LogP contribution in [0.25, 0.3) is 0 Å². The molecule has 0 aromatic carbocycles. The molecular weight excluding hydrogens is 1260 g/mol. The van der Waals surface area contributed by atoms with Gasteiger partial charge in [-0.3, -0.25) is 37.3 Å². The lowest BCUT2D eigenvalue weighted by molar-refractivity contribution is -0.161. The highest BCUT2D eigenvalue weighted by Crippen LogP contribution is 2.45. The van der Waals surface area contributed by atoms with Gasteiger partial charge in [0.25, 0.3) is 0 Å². The lowest BCUT2D eigenvalue weighted by Gasteiger charge is -2.21. The summed E-state index contributed by atoms with van der Waals surface area (Å²) in [6, 6.07) is 0. The Labute approximate surface area is 588 Å². The van der Waals surface area contributed by atoms with Crippen molar-refractivity contribution < 1.29 is 80.2 Å². The zero-order valence-corrected chi connectivity index (χ0v) is 64.3. The second kappa shape index (κ2) is 70.1. The molecule has 96 heavy (non-hydrogen) atoms. The maximum Gasteiger partial charge on any atom is 0.472 e. The number of aliphatic hydroxyl groups is 1. The van der Waals surface area contributed by atoms with Gasteiger partial charge in [-0.2, -0.15) is 0 Å². The van der Waals surface area contributed by atoms with Crippen LogP contribution in [0, 0.1) is 5.92 Å². The van der Waals surface area contributed by atoms with Gasteiger partial charge in [-0.15, -0.1) is 0 Å². The Bertz CT molecular complexity index is 1840. The number of aliphatic hydroxyl groups excluding tert-OH is 1. The molecule has 2 unspecified atom stereocenters. The number of carbonyl (C=O) groups is 4. The molecule has 0 radical (unpaired) electrons. The number of phosphoric ester groups is 2. The predicted molar refractivity (Wildman–Crippen MR) is 391 cm³/mol. The molecule has 0 fully saturated rings. The van der Waals surface area contributed by atoms with Crippen molar-refractivity contribution in [2.45, 2.75) is 425 Å². The summed E-state index contributed by atoms with van der Waals surface area (Å²) in [4.78, 5) is 72.9. The molecule has 0 amide bonds. The number of carbonyl (C=O) groups excluding carboxylic acids is 4. The minimum atomic E-state index is -4.96. The summed E-state index contributed by atoms with van der Waals surface area (Å²) < 4.78 is 68.6. The molecule has 0 aliphatic rings. The highest BCUT2D eigenvalue weighted by Gasteiger charge is 2.30. The second-order valence-electron chi connectivity index (χ2n) is 28.2. The number of unbranched alkanes of at least 4 members (excludes halogenated alkanes) is 49. The molecule has 0 saturated heterocycles. The van der Waals surface area contributed by atoms with Crippen LogP contribution >= 0.6 is 15.6 Å². The van der Waals surface area contributed by atoms with E-state index in [0.717, 1.165) is 95.8 Å². The van der Waals surface area contributed by atoms with Gasteiger partial charge in [-0.25, -0.2) is 9.13 Å². The van der Waals surface area contributed by atoms with Crippen LogP contribution in [0.5, 0.6) is 0 Å². The first-order chi connectivity index (χ1) is 46.5. The summed E-state index contributed by atoms with van der Waals surface area (Å²) in [6.45, 7) is 7.33. The van der Waals surface area contributed by atoms with Crippen molar-refractivity contribution in [3.8, 4) is 0 Å². The Morgan fingerprint density at radius 2 is 0.479 bits per heavy atom. The molecule has 0 rings (SSSR count). The average Bonchev–Trinajstić information content (AvgIpc) is 2.13. The quantitative estimate of drug-likeness (QED) is 0.0222. The van der Waals surface area contributed by atoms with E-state index in [-0.39, 0.29) is 25.7 Å². The zero-order chi connectivity index (χ0) is 70.5. The van der Waals surface area contributed by atoms with Crippen LogP contribution in [0.2, 0.25) is 0 Å². The molecule has 0 aromatic rings. The van der Waals surface area contributed by atoms with Gasteiger partial charge < -0.3 is 33.8 Å². The Morgan fingerprint density at radius 1 is 0.281 bits per heavy atom. The van der Waals surface area contributed by atoms with E-state index in [1.54, 1.807) is 0 Å². The van der Waals surface area contributed by atoms with E-state index >= 15 is 0 Å². The second-order valence-corrected chi connectivity index (χ2v) is 31.1. The third-order valence-corrected chi connectivity index (χ3v) is 19.9. The number of phosphoric acid groups is 2. The summed E-state index contributed by atoms with van der Waals surface area (Å²) in [6.07, 6.45) is 59.4. The van der Waals surface area contributed by atoms with E-state index in [1.165, 1.54) is 231 Å². The fraction of sp³-hybridized carbons (Fsp3) is 0.948. The Hall–Kier alpha value is -1.94. The third kappa shape index (κ3) is 70.5. The maximum atomic E-state index is 13.1. The largest absolute Gasteiger partial charge is 0.472 e. The molecule has 0 heterocycles. The summed E-state index contributed by atoms with van der Waals surface area (Å²) >= 11 is 0. The van der Waals surface area contributed by atoms with Gasteiger partial charge in [0, 0.05) is 25.7 Å². The van der Waals surface area contributed by atoms with Crippen LogP contribution in [0.3, 0.4) is 0 Å². The molecule has 5 atom stereocenters. The summed E-state index contributed by atoms with van der Waals surface area (Å²) in [5.41, 5.74) is 0. The van der Waals surface area contributed by atoms with Crippen molar-refractivity contribution in [2.75, 3.05) is 39.6 Å². The number of ether oxygens (including phenoxy) is 4. The van der Waals surface area contributed by atoms with Gasteiger partial charge >= 0.3 is 39.5 Å². The summed E-state index contributed by atoms with van der Waals surface area (Å²) in [5.74, 6) is -1.31. The van der Waals surface area contributed by atoms with Gasteiger partial charge in [-0.1, -0.05) is 356 Å². The maximum absolute atomic E-state index is 13.1. The SMILES string of the molecule is CCCCCCCCCCCCCCCC(=O)OC[C@H](COP(=O)(O)OC[C@H](O)COP(=O)(O)OC[C@@H](COC(=O)CCCCCCCCCCCCCCC)OC(=O)CCCCCCCCCCCCCCCCC(C)C)OC(=O)CCCCCCCCCCCCCCC. The zero-order valence-electron chi connectivity index (χ0n) is 62.5. The van der Waals surface area contributed by atoms with E-state index in [1.807, 2.05) is 0 Å². The molecule has 3 N–H and O–H groups in total. The van der Waals surface area contributed by atoms with Gasteiger partial charge in [0.1, 0.15) is 19.3 Å². The van der Waals surface area contributed by atoms with Gasteiger partial charge in [0.05, 0.1) is 26.4 Å². The van der Waals surface area contributed by atoms with E-state index in [9.17, 15) is 43.2 Å². The van der Waals surface area contributed by atoms with Crippen LogP contribution in [0.4, 0.5) is 0 Å². The topological polar surface area (TPSA) is 237 Å². The van der Waals surface area contributed by atoms with Gasteiger partial charge in [-0.05, 0) is 31.6 Å². The standard InChI is InChI=1S/C77H150O17P2/c1-6-9-12-15-18-21-24-29-35-40-45-50-55-60-74(79)87-66-72(93-76(81)62-57-52-47-42-37-31-26-23-20-17-14-11-8-3)68-91-95(83,84)89-64-71(78)65-90-96(85,86)92-69-73(67-88-75(80)61-56-51-46-41-36-30-25-22-19-16-13-10-7-2)94-77(82)63-58-53-48-43-38-33-28-27-32-34-39-44-49-54-59-70(4)5/h70-73,78H,6-69H2,1-5H3,(H,83,84)(H,85,86)/t71-,72+,73+/m0/s1. The molecule has 0 bridgehead atoms. The van der Waals surface area contributed by atoms with E-state index < -0.39 is 97.5 Å². The normalized spacial score (nSPS) is 13.9. The fourth-order valence-electron chi connectivity index (χ4n) is 11.9. The first-order valence-electron chi connectivity index (χ1n) is 40.1. The average molecular weight is 1410 g/mol. The minimum absolute atomic E-state index is 0.108. The molecule has 0 aliphatic heterocycles. The van der Waals surface area contributed by atoms with Crippen LogP contribution < -0.4 is 0 Å². The van der Waals surface area contributed by atoms with Crippen molar-refractivity contribution in [1.82, 2.24) is 0 Å². The predicted octanol–water partition coefficient (Wildman–Crippen LogP) is 22.9. The van der Waals surface area contributed by atoms with Crippen molar-refractivity contribution >= 4 is 39.5 Å². The summed E-state index contributed by atoms with van der Waals surface area (Å²) in [7, 11) is -9.91. The van der Waals surface area contributed by atoms with E-state index in [4.69, 9.17) is 37.0 Å². The number of hydrogen-bond donors (Lipinski definition) is 3. The van der Waals surface area contributed by atoms with Crippen LogP contribution in [-0.4, -0.2) is 96.7 Å². The highest BCUT2D eigenvalue weighted by molar-refractivity contribution is 7.47. The first kappa shape index (κ1) is 94.1. The molecule has 0 aliphatic carbocycles. The Morgan fingerprint density at radius 3 is 0.708 bits per heavy atom. The lowest BCUT2D eigenvalue weighted by atomic mass is 10.0. The molecule has 17 nitrogen and oxygen atoms in total. The summed E-state index contributed by atoms with van der Waals surface area (Å²) in [5, 5.41) is 10.6. The number of hydrogen-bond acceptors (Lipinski definition) is 15. The minimum Gasteiger partial charge on any atom is -0.462 e. The van der Waals surface area contributed by atoms with Crippen molar-refractivity contribution in [2.24, 2.45) is 5.92 Å². The molecule has 19 heteroatoms. The molecular formula is C77H150O17P2. The van der Waals surface area contributed by atoms with Crippen molar-refractivity contribution in [3.63, 3.8) is 0 Å². The number of rotatable bonds is 77. The van der Waals surface area contributed by atoms with Crippen LogP contribution in [0.1, 0.15) is 407 Å². The monoisotopic (exact) mass is 1410 g/mol. The molecule has 0 spiro atoms. The first-order valence-corrected chi connectivity index (χ1v) is 43.1. The van der Waals surface area contributed by atoms with Gasteiger partial charge in [0.2, 0.25) is 0 Å². The lowest BCUT2D eigenvalue weighted by Crippen LogP contribution is -2.30. The van der Waals surface area contributed by atoms with Crippen molar-refractivity contribution in [1.29, 1.82) is 0 Å². The van der Waals surface area contributed by atoms with Crippen LogP contribution in [0.15, 0.2) is 0 Å². The Kier molecular flexibility index (Phi) is 68.7. The fourth-order valence-corrected chi connectivity index (χ4v) is 13.5. The van der Waals surface area contributed by atoms with E-state index in [2.05, 4.69) is 34.6 Å². The van der Waals surface area contributed by atoms with Crippen LogP contribution in [-0.2, 0) is 65.4 Å².